The van der Waals surface area contributed by atoms with Gasteiger partial charge in [-0.25, -0.2) is 9.18 Å². The molecule has 25 heavy (non-hydrogen) atoms. The Hall–Kier alpha value is -2.28. The quantitative estimate of drug-likeness (QED) is 0.843. The largest absolute Gasteiger partial charge is 0.450 e. The number of carbonyl (C=O) groups excluding carboxylic acids is 1. The highest BCUT2D eigenvalue weighted by atomic mass is 19.1. The van der Waals surface area contributed by atoms with Gasteiger partial charge in [0.15, 0.2) is 6.10 Å². The molecule has 0 radical (unpaired) electrons. The lowest BCUT2D eigenvalue weighted by Gasteiger charge is -2.36. The van der Waals surface area contributed by atoms with Crippen LogP contribution in [0.5, 0.6) is 0 Å². The van der Waals surface area contributed by atoms with Crippen LogP contribution in [0.1, 0.15) is 15.9 Å². The van der Waals surface area contributed by atoms with Gasteiger partial charge >= 0.3 is 5.97 Å². The average molecular weight is 346 g/mol. The maximum absolute atomic E-state index is 14.2. The molecule has 3 rings (SSSR count). The van der Waals surface area contributed by atoms with Crippen LogP contribution >= 0.6 is 0 Å². The minimum atomic E-state index is -1.86. The van der Waals surface area contributed by atoms with Crippen molar-refractivity contribution in [2.24, 2.45) is 0 Å². The zero-order chi connectivity index (χ0) is 17.6. The number of benzene rings is 2. The second-order valence-electron chi connectivity index (χ2n) is 5.75. The maximum Gasteiger partial charge on any atom is 0.338 e. The Morgan fingerprint density at radius 3 is 2.40 bits per heavy atom. The lowest BCUT2D eigenvalue weighted by Crippen LogP contribution is -2.54. The smallest absolute Gasteiger partial charge is 0.338 e. The van der Waals surface area contributed by atoms with Crippen molar-refractivity contribution in [1.29, 1.82) is 0 Å². The highest BCUT2D eigenvalue weighted by molar-refractivity contribution is 5.89. The average Bonchev–Trinajstić information content (AvgIpc) is 2.65. The van der Waals surface area contributed by atoms with Crippen LogP contribution in [0.15, 0.2) is 60.7 Å². The lowest BCUT2D eigenvalue weighted by molar-refractivity contribution is -0.239. The summed E-state index contributed by atoms with van der Waals surface area (Å²) in [6.45, 7) is -0.0608. The normalized spacial score (nSPS) is 26.2. The standard InChI is InChI=1S/C19H19FO5/c20-18-17(25-19(22)14-9-5-2-6-10-14)16(15(21)12-24-18)23-11-13-7-3-1-4-8-13/h1-10,15-18,21H,11-12H2/t15-,16+,17-,18+/m1/s1. The van der Waals surface area contributed by atoms with Crippen LogP contribution < -0.4 is 0 Å². The van der Waals surface area contributed by atoms with E-state index in [1.54, 1.807) is 30.3 Å². The van der Waals surface area contributed by atoms with Crippen molar-refractivity contribution in [2.75, 3.05) is 6.61 Å². The molecule has 0 spiro atoms. The number of carbonyl (C=O) groups is 1. The van der Waals surface area contributed by atoms with Crippen LogP contribution in [-0.2, 0) is 20.8 Å². The summed E-state index contributed by atoms with van der Waals surface area (Å²) in [6, 6.07) is 17.5. The number of rotatable bonds is 5. The topological polar surface area (TPSA) is 65.0 Å². The van der Waals surface area contributed by atoms with Crippen LogP contribution in [0.25, 0.3) is 0 Å². The third-order valence-electron chi connectivity index (χ3n) is 3.93. The van der Waals surface area contributed by atoms with E-state index in [4.69, 9.17) is 14.2 Å². The summed E-state index contributed by atoms with van der Waals surface area (Å²) in [5.74, 6) is -0.695. The molecule has 1 fully saturated rings. The first-order chi connectivity index (χ1) is 12.1. The molecule has 0 aromatic heterocycles. The maximum atomic E-state index is 14.2. The van der Waals surface area contributed by atoms with Crippen LogP contribution in [0, 0.1) is 0 Å². The van der Waals surface area contributed by atoms with Gasteiger partial charge in [-0.3, -0.25) is 0 Å². The van der Waals surface area contributed by atoms with E-state index in [0.717, 1.165) is 5.56 Å². The van der Waals surface area contributed by atoms with Crippen LogP contribution in [0.3, 0.4) is 0 Å². The third-order valence-corrected chi connectivity index (χ3v) is 3.93. The van der Waals surface area contributed by atoms with Crippen molar-refractivity contribution in [3.05, 3.63) is 71.8 Å². The van der Waals surface area contributed by atoms with Gasteiger partial charge in [0.25, 0.3) is 0 Å². The van der Waals surface area contributed by atoms with Crippen LogP contribution in [0.2, 0.25) is 0 Å². The highest BCUT2D eigenvalue weighted by Crippen LogP contribution is 2.24. The van der Waals surface area contributed by atoms with Gasteiger partial charge in [-0.2, -0.15) is 0 Å². The van der Waals surface area contributed by atoms with Crippen molar-refractivity contribution in [3.8, 4) is 0 Å². The van der Waals surface area contributed by atoms with Gasteiger partial charge in [0, 0.05) is 0 Å². The molecule has 1 aliphatic heterocycles. The van der Waals surface area contributed by atoms with Gasteiger partial charge < -0.3 is 19.3 Å². The zero-order valence-electron chi connectivity index (χ0n) is 13.5. The monoisotopic (exact) mass is 346 g/mol. The fourth-order valence-electron chi connectivity index (χ4n) is 2.61. The molecule has 2 aromatic rings. The number of esters is 1. The summed E-state index contributed by atoms with van der Waals surface area (Å²) in [5.41, 5.74) is 1.15. The summed E-state index contributed by atoms with van der Waals surface area (Å²) in [5, 5.41) is 10.1. The van der Waals surface area contributed by atoms with Gasteiger partial charge in [0.1, 0.15) is 12.2 Å². The second kappa shape index (κ2) is 8.20. The molecular weight excluding hydrogens is 327 g/mol. The Morgan fingerprint density at radius 2 is 1.72 bits per heavy atom. The number of aliphatic hydroxyl groups is 1. The Morgan fingerprint density at radius 1 is 1.08 bits per heavy atom. The SMILES string of the molecule is O=C(O[C@@H]1[C@@H](OCc2ccccc2)[C@H](O)CO[C@@H]1F)c1ccccc1. The zero-order valence-corrected chi connectivity index (χ0v) is 13.5. The van der Waals surface area contributed by atoms with E-state index in [1.807, 2.05) is 30.3 Å². The molecule has 132 valence electrons. The summed E-state index contributed by atoms with van der Waals surface area (Å²) in [7, 11) is 0. The molecule has 6 heteroatoms. The number of hydrogen-bond donors (Lipinski definition) is 1. The molecule has 0 saturated carbocycles. The first-order valence-electron chi connectivity index (χ1n) is 8.00. The van der Waals surface area contributed by atoms with Crippen molar-refractivity contribution in [3.63, 3.8) is 0 Å². The molecule has 1 N–H and O–H groups in total. The second-order valence-corrected chi connectivity index (χ2v) is 5.75. The molecule has 0 amide bonds. The fourth-order valence-corrected chi connectivity index (χ4v) is 2.61. The minimum Gasteiger partial charge on any atom is -0.450 e. The van der Waals surface area contributed by atoms with E-state index in [0.29, 0.717) is 0 Å². The first-order valence-corrected chi connectivity index (χ1v) is 8.00. The Balaban J connectivity index is 1.70. The Bertz CT molecular complexity index is 679. The lowest BCUT2D eigenvalue weighted by atomic mass is 10.1. The molecule has 0 unspecified atom stereocenters. The molecular formula is C19H19FO5. The number of halogens is 1. The summed E-state index contributed by atoms with van der Waals surface area (Å²) in [6.07, 6.45) is -5.32. The number of aliphatic hydroxyl groups excluding tert-OH is 1. The van der Waals surface area contributed by atoms with E-state index < -0.39 is 30.6 Å². The number of ether oxygens (including phenoxy) is 3. The fraction of sp³-hybridized carbons (Fsp3) is 0.316. The van der Waals surface area contributed by atoms with Crippen LogP contribution in [0.4, 0.5) is 4.39 Å². The molecule has 4 atom stereocenters. The molecule has 5 nitrogen and oxygen atoms in total. The summed E-state index contributed by atoms with van der Waals surface area (Å²) < 4.78 is 29.9. The molecule has 0 bridgehead atoms. The van der Waals surface area contributed by atoms with E-state index in [2.05, 4.69) is 0 Å². The molecule has 1 saturated heterocycles. The van der Waals surface area contributed by atoms with Gasteiger partial charge in [-0.1, -0.05) is 48.5 Å². The molecule has 2 aromatic carbocycles. The van der Waals surface area contributed by atoms with Crippen LogP contribution in [-0.4, -0.2) is 42.4 Å². The van der Waals surface area contributed by atoms with E-state index >= 15 is 0 Å². The third kappa shape index (κ3) is 4.42. The predicted molar refractivity (Wildman–Crippen MR) is 87.5 cm³/mol. The minimum absolute atomic E-state index is 0.161. The molecule has 1 heterocycles. The van der Waals surface area contributed by atoms with Gasteiger partial charge in [0.2, 0.25) is 6.36 Å². The van der Waals surface area contributed by atoms with Gasteiger partial charge in [-0.05, 0) is 17.7 Å². The highest BCUT2D eigenvalue weighted by Gasteiger charge is 2.44. The first kappa shape index (κ1) is 17.5. The van der Waals surface area contributed by atoms with Gasteiger partial charge in [-0.15, -0.1) is 0 Å². The molecule has 1 aliphatic rings. The Kier molecular flexibility index (Phi) is 5.75. The van der Waals surface area contributed by atoms with E-state index in [1.165, 1.54) is 0 Å². The van der Waals surface area contributed by atoms with Crippen molar-refractivity contribution >= 4 is 5.97 Å². The molecule has 0 aliphatic carbocycles. The van der Waals surface area contributed by atoms with Gasteiger partial charge in [0.05, 0.1) is 18.8 Å². The predicted octanol–water partition coefficient (Wildman–Crippen LogP) is 2.48. The Labute approximate surface area is 144 Å². The van der Waals surface area contributed by atoms with Crippen molar-refractivity contribution in [2.45, 2.75) is 31.3 Å². The van der Waals surface area contributed by atoms with E-state index in [-0.39, 0.29) is 18.8 Å². The number of hydrogen-bond acceptors (Lipinski definition) is 5. The van der Waals surface area contributed by atoms with E-state index in [9.17, 15) is 14.3 Å². The van der Waals surface area contributed by atoms with Crippen molar-refractivity contribution in [1.82, 2.24) is 0 Å². The summed E-state index contributed by atoms with van der Waals surface area (Å²) >= 11 is 0. The summed E-state index contributed by atoms with van der Waals surface area (Å²) in [4.78, 5) is 12.2. The number of alkyl halides is 1. The van der Waals surface area contributed by atoms with Crippen molar-refractivity contribution < 1.29 is 28.5 Å².